The maximum Gasteiger partial charge on any atom is 0.225 e. The lowest BCUT2D eigenvalue weighted by molar-refractivity contribution is -0.122. The summed E-state index contributed by atoms with van der Waals surface area (Å²) in [5.74, 6) is 1.60. The van der Waals surface area contributed by atoms with Crippen LogP contribution in [0, 0.1) is 0 Å². The smallest absolute Gasteiger partial charge is 0.225 e. The van der Waals surface area contributed by atoms with E-state index in [1.54, 1.807) is 18.5 Å². The summed E-state index contributed by atoms with van der Waals surface area (Å²) in [7, 11) is 0. The molecule has 2 N–H and O–H groups in total. The molecule has 2 aromatic rings. The normalized spacial score (nSPS) is 18.3. The van der Waals surface area contributed by atoms with Crippen LogP contribution in [0.15, 0.2) is 36.7 Å². The van der Waals surface area contributed by atoms with Crippen LogP contribution in [0.5, 0.6) is 5.75 Å². The summed E-state index contributed by atoms with van der Waals surface area (Å²) in [6.45, 7) is 2.12. The fourth-order valence-corrected chi connectivity index (χ4v) is 3.90. The third-order valence-electron chi connectivity index (χ3n) is 5.41. The van der Waals surface area contributed by atoms with E-state index in [4.69, 9.17) is 4.74 Å². The van der Waals surface area contributed by atoms with Gasteiger partial charge in [-0.1, -0.05) is 0 Å². The highest BCUT2D eigenvalue weighted by atomic mass is 16.5. The van der Waals surface area contributed by atoms with Crippen molar-refractivity contribution in [3.8, 4) is 5.75 Å². The highest BCUT2D eigenvalue weighted by molar-refractivity contribution is 5.94. The van der Waals surface area contributed by atoms with Crippen molar-refractivity contribution < 1.29 is 14.3 Å². The zero-order chi connectivity index (χ0) is 20.8. The van der Waals surface area contributed by atoms with Crippen LogP contribution in [0.25, 0.3) is 0 Å². The van der Waals surface area contributed by atoms with Crippen molar-refractivity contribution in [2.75, 3.05) is 29.9 Å². The van der Waals surface area contributed by atoms with E-state index in [0.29, 0.717) is 25.9 Å². The molecule has 1 aromatic carbocycles. The van der Waals surface area contributed by atoms with E-state index in [-0.39, 0.29) is 17.9 Å². The van der Waals surface area contributed by atoms with Gasteiger partial charge in [-0.05, 0) is 55.5 Å². The summed E-state index contributed by atoms with van der Waals surface area (Å²) in [5.41, 5.74) is 1.95. The Morgan fingerprint density at radius 3 is 3.00 bits per heavy atom. The first kappa shape index (κ1) is 20.1. The zero-order valence-corrected chi connectivity index (χ0v) is 17.0. The van der Waals surface area contributed by atoms with Crippen LogP contribution in [0.1, 0.15) is 37.7 Å². The van der Waals surface area contributed by atoms with Gasteiger partial charge in [-0.3, -0.25) is 9.59 Å². The molecule has 1 fully saturated rings. The van der Waals surface area contributed by atoms with E-state index in [9.17, 15) is 9.59 Å². The summed E-state index contributed by atoms with van der Waals surface area (Å²) < 4.78 is 5.80. The van der Waals surface area contributed by atoms with Crippen LogP contribution in [0.4, 0.5) is 11.6 Å². The van der Waals surface area contributed by atoms with Gasteiger partial charge in [-0.25, -0.2) is 9.97 Å². The largest absolute Gasteiger partial charge is 0.494 e. The standard InChI is InChI=1S/C22H27N5O3/c28-20(25-17-4-1-12-27(15-17)22-23-10-3-11-24-22)5-2-13-30-18-7-8-19-16(14-18)6-9-21(29)26-19/h3,7-8,10-11,14,17H,1-2,4-6,9,12-13,15H2,(H,25,28)(H,26,29). The van der Waals surface area contributed by atoms with Crippen molar-refractivity contribution in [1.29, 1.82) is 0 Å². The minimum absolute atomic E-state index is 0.0487. The molecule has 1 atom stereocenters. The fourth-order valence-electron chi connectivity index (χ4n) is 3.90. The minimum Gasteiger partial charge on any atom is -0.494 e. The Labute approximate surface area is 176 Å². The fraction of sp³-hybridized carbons (Fsp3) is 0.455. The monoisotopic (exact) mass is 409 g/mol. The molecule has 0 saturated carbocycles. The van der Waals surface area contributed by atoms with Gasteiger partial charge < -0.3 is 20.3 Å². The maximum absolute atomic E-state index is 12.3. The first-order valence-corrected chi connectivity index (χ1v) is 10.5. The number of aromatic nitrogens is 2. The molecule has 0 aliphatic carbocycles. The van der Waals surface area contributed by atoms with Crippen LogP contribution >= 0.6 is 0 Å². The van der Waals surface area contributed by atoms with E-state index >= 15 is 0 Å². The van der Waals surface area contributed by atoms with Crippen LogP contribution < -0.4 is 20.3 Å². The average Bonchev–Trinajstić information content (AvgIpc) is 2.77. The Morgan fingerprint density at radius 2 is 2.13 bits per heavy atom. The SMILES string of the molecule is O=C1CCc2cc(OCCCC(=O)NC3CCCN(c4ncccn4)C3)ccc2N1. The van der Waals surface area contributed by atoms with Crippen LogP contribution in [-0.2, 0) is 16.0 Å². The third-order valence-corrected chi connectivity index (χ3v) is 5.41. The van der Waals surface area contributed by atoms with E-state index in [0.717, 1.165) is 55.3 Å². The Bertz CT molecular complexity index is 890. The van der Waals surface area contributed by atoms with Crippen LogP contribution in [0.3, 0.4) is 0 Å². The molecule has 158 valence electrons. The van der Waals surface area contributed by atoms with Crippen molar-refractivity contribution in [1.82, 2.24) is 15.3 Å². The van der Waals surface area contributed by atoms with E-state index in [1.165, 1.54) is 0 Å². The average molecular weight is 409 g/mol. The first-order chi connectivity index (χ1) is 14.7. The van der Waals surface area contributed by atoms with Gasteiger partial charge in [-0.15, -0.1) is 0 Å². The lowest BCUT2D eigenvalue weighted by Gasteiger charge is -2.33. The quantitative estimate of drug-likeness (QED) is 0.681. The lowest BCUT2D eigenvalue weighted by Crippen LogP contribution is -2.48. The highest BCUT2D eigenvalue weighted by Gasteiger charge is 2.22. The van der Waals surface area contributed by atoms with Crippen molar-refractivity contribution >= 4 is 23.5 Å². The second-order valence-corrected chi connectivity index (χ2v) is 7.72. The number of hydrogen-bond acceptors (Lipinski definition) is 6. The molecule has 30 heavy (non-hydrogen) atoms. The van der Waals surface area contributed by atoms with Gasteiger partial charge in [0.15, 0.2) is 0 Å². The van der Waals surface area contributed by atoms with Crippen molar-refractivity contribution in [2.24, 2.45) is 0 Å². The number of piperidine rings is 1. The van der Waals surface area contributed by atoms with E-state index < -0.39 is 0 Å². The van der Waals surface area contributed by atoms with Gasteiger partial charge in [0.2, 0.25) is 17.8 Å². The number of ether oxygens (including phenoxy) is 1. The molecule has 2 aliphatic rings. The summed E-state index contributed by atoms with van der Waals surface area (Å²) in [5, 5.41) is 5.99. The number of hydrogen-bond donors (Lipinski definition) is 2. The van der Waals surface area contributed by atoms with E-state index in [2.05, 4.69) is 25.5 Å². The van der Waals surface area contributed by atoms with Crippen molar-refractivity contribution in [2.45, 2.75) is 44.6 Å². The number of fused-ring (bicyclic) bond motifs is 1. The summed E-state index contributed by atoms with van der Waals surface area (Å²) in [4.78, 5) is 34.5. The topological polar surface area (TPSA) is 96.5 Å². The van der Waals surface area contributed by atoms with Gasteiger partial charge in [0.1, 0.15) is 5.75 Å². The van der Waals surface area contributed by atoms with Gasteiger partial charge in [0.05, 0.1) is 6.61 Å². The molecule has 8 nitrogen and oxygen atoms in total. The number of carbonyl (C=O) groups excluding carboxylic acids is 2. The molecule has 0 radical (unpaired) electrons. The highest BCUT2D eigenvalue weighted by Crippen LogP contribution is 2.26. The first-order valence-electron chi connectivity index (χ1n) is 10.5. The second-order valence-electron chi connectivity index (χ2n) is 7.72. The summed E-state index contributed by atoms with van der Waals surface area (Å²) in [6, 6.07) is 7.62. The Balaban J connectivity index is 1.18. The van der Waals surface area contributed by atoms with Gasteiger partial charge in [0.25, 0.3) is 0 Å². The molecule has 1 saturated heterocycles. The minimum atomic E-state index is 0.0487. The molecule has 2 amide bonds. The predicted molar refractivity (Wildman–Crippen MR) is 114 cm³/mol. The maximum atomic E-state index is 12.3. The summed E-state index contributed by atoms with van der Waals surface area (Å²) >= 11 is 0. The number of aryl methyl sites for hydroxylation is 1. The van der Waals surface area contributed by atoms with Crippen LogP contribution in [-0.4, -0.2) is 47.5 Å². The number of carbonyl (C=O) groups is 2. The number of rotatable bonds is 7. The number of nitrogens with one attached hydrogen (secondary N) is 2. The zero-order valence-electron chi connectivity index (χ0n) is 17.0. The van der Waals surface area contributed by atoms with Gasteiger partial charge in [-0.2, -0.15) is 0 Å². The lowest BCUT2D eigenvalue weighted by atomic mass is 10.0. The van der Waals surface area contributed by atoms with Gasteiger partial charge in [0, 0.05) is 50.1 Å². The van der Waals surface area contributed by atoms with Crippen LogP contribution in [0.2, 0.25) is 0 Å². The number of amides is 2. The third kappa shape index (κ3) is 5.25. The molecule has 4 rings (SSSR count). The molecule has 8 heteroatoms. The Kier molecular flexibility index (Phi) is 6.41. The number of nitrogens with zero attached hydrogens (tertiary/aromatic N) is 3. The molecule has 3 heterocycles. The van der Waals surface area contributed by atoms with Crippen molar-refractivity contribution in [3.05, 3.63) is 42.2 Å². The summed E-state index contributed by atoms with van der Waals surface area (Å²) in [6.07, 6.45) is 7.77. The molecule has 0 bridgehead atoms. The van der Waals surface area contributed by atoms with Gasteiger partial charge >= 0.3 is 0 Å². The van der Waals surface area contributed by atoms with Crippen molar-refractivity contribution in [3.63, 3.8) is 0 Å². The molecule has 1 aromatic heterocycles. The molecule has 2 aliphatic heterocycles. The number of benzene rings is 1. The molecular formula is C22H27N5O3. The molecular weight excluding hydrogens is 382 g/mol. The Hall–Kier alpha value is -3.16. The number of anilines is 2. The Morgan fingerprint density at radius 1 is 1.27 bits per heavy atom. The van der Waals surface area contributed by atoms with E-state index in [1.807, 2.05) is 18.2 Å². The molecule has 0 spiro atoms. The predicted octanol–water partition coefficient (Wildman–Crippen LogP) is 2.31. The second kappa shape index (κ2) is 9.56. The molecule has 1 unspecified atom stereocenters.